The Bertz CT molecular complexity index is 370. The van der Waals surface area contributed by atoms with E-state index >= 15 is 0 Å². The van der Waals surface area contributed by atoms with E-state index in [1.165, 1.54) is 12.1 Å². The third kappa shape index (κ3) is 1.61. The van der Waals surface area contributed by atoms with Crippen LogP contribution in [0, 0.1) is 23.1 Å². The number of benzene rings is 1. The van der Waals surface area contributed by atoms with Gasteiger partial charge in [-0.2, -0.15) is 5.26 Å². The van der Waals surface area contributed by atoms with E-state index in [0.717, 1.165) is 12.1 Å². The van der Waals surface area contributed by atoms with Crippen molar-refractivity contribution in [3.05, 3.63) is 35.6 Å². The molecule has 2 atom stereocenters. The predicted octanol–water partition coefficient (Wildman–Crippen LogP) is 1.65. The average molecular weight is 190 g/mol. The standard InChI is InChI=1S/C11H11FN2/c12-10-3-1-2-8(4-10)11-7-14-6-9(11)5-13/h1-4,9,11,14H,6-7H2/t9-,11+/m0/s1. The summed E-state index contributed by atoms with van der Waals surface area (Å²) >= 11 is 0. The van der Waals surface area contributed by atoms with Crippen LogP contribution in [0.25, 0.3) is 0 Å². The van der Waals surface area contributed by atoms with E-state index in [9.17, 15) is 4.39 Å². The molecule has 72 valence electrons. The summed E-state index contributed by atoms with van der Waals surface area (Å²) in [7, 11) is 0. The molecule has 1 aliphatic rings. The Morgan fingerprint density at radius 1 is 1.43 bits per heavy atom. The van der Waals surface area contributed by atoms with Crippen LogP contribution in [0.3, 0.4) is 0 Å². The molecule has 0 aliphatic carbocycles. The Labute approximate surface area is 82.4 Å². The van der Waals surface area contributed by atoms with Gasteiger partial charge < -0.3 is 5.32 Å². The maximum Gasteiger partial charge on any atom is 0.123 e. The summed E-state index contributed by atoms with van der Waals surface area (Å²) in [5, 5.41) is 12.0. The van der Waals surface area contributed by atoms with Gasteiger partial charge in [0.15, 0.2) is 0 Å². The number of rotatable bonds is 1. The van der Waals surface area contributed by atoms with Crippen LogP contribution in [-0.2, 0) is 0 Å². The topological polar surface area (TPSA) is 35.8 Å². The molecule has 0 amide bonds. The van der Waals surface area contributed by atoms with Crippen molar-refractivity contribution >= 4 is 0 Å². The lowest BCUT2D eigenvalue weighted by Crippen LogP contribution is -2.08. The van der Waals surface area contributed by atoms with E-state index in [4.69, 9.17) is 5.26 Å². The number of halogens is 1. The van der Waals surface area contributed by atoms with Gasteiger partial charge in [-0.05, 0) is 17.7 Å². The highest BCUT2D eigenvalue weighted by Gasteiger charge is 2.28. The van der Waals surface area contributed by atoms with Gasteiger partial charge in [0.25, 0.3) is 0 Å². The lowest BCUT2D eigenvalue weighted by molar-refractivity contribution is 0.608. The van der Waals surface area contributed by atoms with Crippen LogP contribution in [-0.4, -0.2) is 13.1 Å². The highest BCUT2D eigenvalue weighted by Crippen LogP contribution is 2.27. The van der Waals surface area contributed by atoms with Gasteiger partial charge in [-0.15, -0.1) is 0 Å². The first-order valence-electron chi connectivity index (χ1n) is 4.67. The van der Waals surface area contributed by atoms with Crippen molar-refractivity contribution in [2.45, 2.75) is 5.92 Å². The second-order valence-corrected chi connectivity index (χ2v) is 3.56. The van der Waals surface area contributed by atoms with E-state index < -0.39 is 0 Å². The van der Waals surface area contributed by atoms with Gasteiger partial charge in [-0.3, -0.25) is 0 Å². The van der Waals surface area contributed by atoms with Gasteiger partial charge >= 0.3 is 0 Å². The fourth-order valence-corrected chi connectivity index (χ4v) is 1.90. The van der Waals surface area contributed by atoms with E-state index in [-0.39, 0.29) is 17.7 Å². The molecule has 14 heavy (non-hydrogen) atoms. The van der Waals surface area contributed by atoms with Crippen LogP contribution in [0.1, 0.15) is 11.5 Å². The van der Waals surface area contributed by atoms with Crippen LogP contribution in [0.2, 0.25) is 0 Å². The summed E-state index contributed by atoms with van der Waals surface area (Å²) in [5.74, 6) is -0.126. The first kappa shape index (κ1) is 9.17. The van der Waals surface area contributed by atoms with Crippen molar-refractivity contribution in [2.75, 3.05) is 13.1 Å². The molecule has 1 aromatic rings. The van der Waals surface area contributed by atoms with Crippen molar-refractivity contribution < 1.29 is 4.39 Å². The fourth-order valence-electron chi connectivity index (χ4n) is 1.90. The van der Waals surface area contributed by atoms with Gasteiger partial charge in [0.1, 0.15) is 5.82 Å². The van der Waals surface area contributed by atoms with E-state index in [0.29, 0.717) is 6.54 Å². The molecule has 1 aromatic carbocycles. The van der Waals surface area contributed by atoms with Gasteiger partial charge in [0, 0.05) is 19.0 Å². The van der Waals surface area contributed by atoms with Crippen LogP contribution in [0.15, 0.2) is 24.3 Å². The molecule has 1 heterocycles. The SMILES string of the molecule is N#C[C@H]1CNC[C@@H]1c1cccc(F)c1. The molecular formula is C11H11FN2. The van der Waals surface area contributed by atoms with Gasteiger partial charge in [0.05, 0.1) is 12.0 Å². The highest BCUT2D eigenvalue weighted by atomic mass is 19.1. The van der Waals surface area contributed by atoms with Gasteiger partial charge in [-0.25, -0.2) is 4.39 Å². The van der Waals surface area contributed by atoms with Crippen molar-refractivity contribution in [3.8, 4) is 6.07 Å². The largest absolute Gasteiger partial charge is 0.315 e. The zero-order chi connectivity index (χ0) is 9.97. The molecule has 1 fully saturated rings. The normalized spacial score (nSPS) is 26.0. The van der Waals surface area contributed by atoms with E-state index in [1.807, 2.05) is 6.07 Å². The summed E-state index contributed by atoms with van der Waals surface area (Å²) in [6.45, 7) is 1.47. The first-order chi connectivity index (χ1) is 6.81. The smallest absolute Gasteiger partial charge is 0.123 e. The van der Waals surface area contributed by atoms with Crippen LogP contribution in [0.5, 0.6) is 0 Å². The van der Waals surface area contributed by atoms with Crippen LogP contribution >= 0.6 is 0 Å². The summed E-state index contributed by atoms with van der Waals surface area (Å²) in [6, 6.07) is 8.76. The van der Waals surface area contributed by atoms with E-state index in [2.05, 4.69) is 11.4 Å². The van der Waals surface area contributed by atoms with E-state index in [1.54, 1.807) is 6.07 Å². The number of hydrogen-bond acceptors (Lipinski definition) is 2. The molecular weight excluding hydrogens is 179 g/mol. The Kier molecular flexibility index (Phi) is 2.47. The van der Waals surface area contributed by atoms with Crippen molar-refractivity contribution in [1.82, 2.24) is 5.32 Å². The second kappa shape index (κ2) is 3.77. The van der Waals surface area contributed by atoms with Gasteiger partial charge in [-0.1, -0.05) is 12.1 Å². The third-order valence-corrected chi connectivity index (χ3v) is 2.66. The second-order valence-electron chi connectivity index (χ2n) is 3.56. The highest BCUT2D eigenvalue weighted by molar-refractivity contribution is 5.25. The molecule has 1 saturated heterocycles. The molecule has 2 nitrogen and oxygen atoms in total. The summed E-state index contributed by atoms with van der Waals surface area (Å²) in [6.07, 6.45) is 0. The molecule has 0 unspecified atom stereocenters. The minimum absolute atomic E-state index is 0.0307. The molecule has 0 aromatic heterocycles. The van der Waals surface area contributed by atoms with Crippen LogP contribution in [0.4, 0.5) is 4.39 Å². The number of nitrogens with zero attached hydrogens (tertiary/aromatic N) is 1. The first-order valence-corrected chi connectivity index (χ1v) is 4.67. The molecule has 3 heteroatoms. The Morgan fingerprint density at radius 3 is 3.00 bits per heavy atom. The zero-order valence-corrected chi connectivity index (χ0v) is 7.70. The molecule has 0 radical (unpaired) electrons. The average Bonchev–Trinajstić information content (AvgIpc) is 2.65. The van der Waals surface area contributed by atoms with Crippen molar-refractivity contribution in [2.24, 2.45) is 5.92 Å². The molecule has 0 saturated carbocycles. The number of hydrogen-bond donors (Lipinski definition) is 1. The molecule has 1 aliphatic heterocycles. The predicted molar refractivity (Wildman–Crippen MR) is 51.1 cm³/mol. The minimum atomic E-state index is -0.230. The molecule has 0 spiro atoms. The third-order valence-electron chi connectivity index (χ3n) is 2.66. The monoisotopic (exact) mass is 190 g/mol. The molecule has 0 bridgehead atoms. The minimum Gasteiger partial charge on any atom is -0.315 e. The van der Waals surface area contributed by atoms with Gasteiger partial charge in [0.2, 0.25) is 0 Å². The summed E-state index contributed by atoms with van der Waals surface area (Å²) in [5.41, 5.74) is 0.918. The van der Waals surface area contributed by atoms with Crippen LogP contribution < -0.4 is 5.32 Å². The van der Waals surface area contributed by atoms with Crippen molar-refractivity contribution in [1.29, 1.82) is 5.26 Å². The Balaban J connectivity index is 2.27. The quantitative estimate of drug-likeness (QED) is 0.731. The summed E-state index contributed by atoms with van der Waals surface area (Å²) < 4.78 is 12.9. The molecule has 2 rings (SSSR count). The van der Waals surface area contributed by atoms with Crippen molar-refractivity contribution in [3.63, 3.8) is 0 Å². The number of nitriles is 1. The Hall–Kier alpha value is -1.40. The number of nitrogens with one attached hydrogen (secondary N) is 1. The lowest BCUT2D eigenvalue weighted by Gasteiger charge is -2.12. The molecule has 1 N–H and O–H groups in total. The maximum absolute atomic E-state index is 12.9. The Morgan fingerprint density at radius 2 is 2.29 bits per heavy atom. The summed E-state index contributed by atoms with van der Waals surface area (Å²) in [4.78, 5) is 0. The fraction of sp³-hybridized carbons (Fsp3) is 0.364. The maximum atomic E-state index is 12.9. The zero-order valence-electron chi connectivity index (χ0n) is 7.70. The lowest BCUT2D eigenvalue weighted by atomic mass is 9.90.